The van der Waals surface area contributed by atoms with Crippen molar-refractivity contribution in [2.45, 2.75) is 6.92 Å². The molecule has 0 radical (unpaired) electrons. The van der Waals surface area contributed by atoms with Crippen LogP contribution >= 0.6 is 21.8 Å². The van der Waals surface area contributed by atoms with Crippen molar-refractivity contribution in [1.29, 1.82) is 0 Å². The first-order valence-electron chi connectivity index (χ1n) is 1.42. The van der Waals surface area contributed by atoms with Gasteiger partial charge in [0.1, 0.15) is 0 Å². The summed E-state index contributed by atoms with van der Waals surface area (Å²) in [5.74, 6) is 0. The van der Waals surface area contributed by atoms with Crippen LogP contribution in [0.15, 0.2) is 0 Å². The van der Waals surface area contributed by atoms with E-state index in [9.17, 15) is 0 Å². The van der Waals surface area contributed by atoms with Gasteiger partial charge in [-0.1, -0.05) is 6.92 Å². The van der Waals surface area contributed by atoms with Gasteiger partial charge in [0.2, 0.25) is 0 Å². The monoisotopic (exact) mass is 111 g/mol. The molecule has 0 heterocycles. The van der Waals surface area contributed by atoms with E-state index in [1.54, 1.807) is 0 Å². The molecule has 0 aromatic carbocycles. The fourth-order valence-corrected chi connectivity index (χ4v) is 0.491. The molecule has 0 rings (SSSR count). The Kier molecular flexibility index (Phi) is 5.15. The topological polar surface area (TPSA) is 12.0 Å². The molecule has 0 amide bonds. The quantitative estimate of drug-likeness (QED) is 0.541. The maximum Gasteiger partial charge on any atom is 0.0277 e. The summed E-state index contributed by atoms with van der Waals surface area (Å²) in [7, 11) is 5.11. The van der Waals surface area contributed by atoms with Gasteiger partial charge >= 0.3 is 0 Å². The molecule has 32 valence electrons. The van der Waals surface area contributed by atoms with Gasteiger partial charge in [0.25, 0.3) is 0 Å². The molecule has 0 aliphatic rings. The summed E-state index contributed by atoms with van der Waals surface area (Å²) in [6.45, 7) is 2.92. The van der Waals surface area contributed by atoms with Gasteiger partial charge in [0.05, 0.1) is 0 Å². The largest absolute Gasteiger partial charge is 0.251 e. The van der Waals surface area contributed by atoms with E-state index < -0.39 is 0 Å². The van der Waals surface area contributed by atoms with Crippen molar-refractivity contribution in [3.8, 4) is 0 Å². The van der Waals surface area contributed by atoms with E-state index in [-0.39, 0.29) is 0 Å². The van der Waals surface area contributed by atoms with E-state index in [2.05, 4.69) is 4.72 Å². The maximum atomic E-state index is 5.11. The highest BCUT2D eigenvalue weighted by molar-refractivity contribution is 8.19. The average molecular weight is 112 g/mol. The number of hydrogen-bond donors (Lipinski definition) is 1. The lowest BCUT2D eigenvalue weighted by atomic mass is 10.8. The van der Waals surface area contributed by atoms with E-state index in [1.807, 2.05) is 6.92 Å². The van der Waals surface area contributed by atoms with Crippen molar-refractivity contribution in [3.05, 3.63) is 0 Å². The van der Waals surface area contributed by atoms with Crippen LogP contribution in [-0.4, -0.2) is 6.54 Å². The van der Waals surface area contributed by atoms with E-state index in [1.165, 1.54) is 0 Å². The molecule has 0 aromatic rings. The number of hydrogen-bond acceptors (Lipinski definition) is 2. The zero-order valence-electron chi connectivity index (χ0n) is 2.99. The first-order valence-corrected chi connectivity index (χ1v) is 3.06. The zero-order valence-corrected chi connectivity index (χ0v) is 4.57. The van der Waals surface area contributed by atoms with Crippen LogP contribution in [0, 0.1) is 0 Å². The van der Waals surface area contributed by atoms with Crippen LogP contribution in [0.5, 0.6) is 0 Å². The Hall–Kier alpha value is 0.600. The molecule has 1 N–H and O–H groups in total. The summed E-state index contributed by atoms with van der Waals surface area (Å²) in [5, 5.41) is 0. The van der Waals surface area contributed by atoms with Gasteiger partial charge in [-0.25, -0.2) is 0 Å². The Balaban J connectivity index is 2.19. The highest BCUT2D eigenvalue weighted by atomic mass is 35.7. The minimum Gasteiger partial charge on any atom is -0.251 e. The standard InChI is InChI=1S/C2H6ClNS/c1-2-4-5-3/h4H,2H2,1H3. The second kappa shape index (κ2) is 4.60. The summed E-state index contributed by atoms with van der Waals surface area (Å²) < 4.78 is 2.79. The zero-order chi connectivity index (χ0) is 4.12. The van der Waals surface area contributed by atoms with Crippen molar-refractivity contribution in [2.24, 2.45) is 0 Å². The molecule has 3 heteroatoms. The lowest BCUT2D eigenvalue weighted by molar-refractivity contribution is 1.04. The molecule has 0 saturated carbocycles. The molecule has 0 saturated heterocycles. The fourth-order valence-electron chi connectivity index (χ4n) is 0.0546. The SMILES string of the molecule is CCNSCl. The predicted molar refractivity (Wildman–Crippen MR) is 27.1 cm³/mol. The van der Waals surface area contributed by atoms with Gasteiger partial charge in [-0.05, 0) is 10.7 Å². The number of nitrogens with one attached hydrogen (secondary N) is 1. The summed E-state index contributed by atoms with van der Waals surface area (Å²) in [5.41, 5.74) is 0. The number of rotatable bonds is 2. The third-order valence-corrected chi connectivity index (χ3v) is 0.924. The second-order valence-corrected chi connectivity index (χ2v) is 1.48. The minimum atomic E-state index is 0.925. The second-order valence-electron chi connectivity index (χ2n) is 0.575. The highest BCUT2D eigenvalue weighted by Gasteiger charge is 1.66. The van der Waals surface area contributed by atoms with Crippen LogP contribution in [0.1, 0.15) is 6.92 Å². The van der Waals surface area contributed by atoms with Crippen molar-refractivity contribution < 1.29 is 0 Å². The molecule has 0 aromatic heterocycles. The van der Waals surface area contributed by atoms with E-state index >= 15 is 0 Å². The van der Waals surface area contributed by atoms with Crippen LogP contribution in [0.2, 0.25) is 0 Å². The molecule has 0 spiro atoms. The maximum absolute atomic E-state index is 5.11. The molecule has 0 aliphatic carbocycles. The summed E-state index contributed by atoms with van der Waals surface area (Å²) in [6.07, 6.45) is 0. The molecular formula is C2H6ClNS. The molecule has 1 nitrogen and oxygen atoms in total. The van der Waals surface area contributed by atoms with Gasteiger partial charge in [-0.3, -0.25) is 4.72 Å². The van der Waals surface area contributed by atoms with Crippen molar-refractivity contribution in [3.63, 3.8) is 0 Å². The smallest absolute Gasteiger partial charge is 0.0277 e. The summed E-state index contributed by atoms with van der Waals surface area (Å²) in [6, 6.07) is 0. The minimum absolute atomic E-state index is 0.925. The van der Waals surface area contributed by atoms with E-state index in [4.69, 9.17) is 10.7 Å². The third kappa shape index (κ3) is 4.60. The van der Waals surface area contributed by atoms with Crippen molar-refractivity contribution >= 4 is 21.8 Å². The fraction of sp³-hybridized carbons (Fsp3) is 1.00. The Morgan fingerprint density at radius 1 is 2.00 bits per heavy atom. The third-order valence-electron chi connectivity index (χ3n) is 0.199. The Morgan fingerprint density at radius 3 is 2.60 bits per heavy atom. The van der Waals surface area contributed by atoms with Crippen molar-refractivity contribution in [1.82, 2.24) is 4.72 Å². The summed E-state index contributed by atoms with van der Waals surface area (Å²) >= 11 is 1.12. The van der Waals surface area contributed by atoms with Gasteiger partial charge in [0, 0.05) is 17.7 Å². The first-order chi connectivity index (χ1) is 2.41. The van der Waals surface area contributed by atoms with E-state index in [0.29, 0.717) is 0 Å². The van der Waals surface area contributed by atoms with Crippen LogP contribution in [0.25, 0.3) is 0 Å². The molecule has 0 aliphatic heterocycles. The molecule has 5 heavy (non-hydrogen) atoms. The molecular weight excluding hydrogens is 106 g/mol. The Morgan fingerprint density at radius 2 is 2.60 bits per heavy atom. The van der Waals surface area contributed by atoms with Crippen molar-refractivity contribution in [2.75, 3.05) is 6.54 Å². The normalized spacial score (nSPS) is 8.40. The molecule has 0 atom stereocenters. The predicted octanol–water partition coefficient (Wildman–Crippen LogP) is 1.40. The lowest BCUT2D eigenvalue weighted by Crippen LogP contribution is -1.95. The Bertz CT molecular complexity index is 17.1. The van der Waals surface area contributed by atoms with Crippen LogP contribution < -0.4 is 4.72 Å². The van der Waals surface area contributed by atoms with Crippen LogP contribution in [-0.2, 0) is 0 Å². The van der Waals surface area contributed by atoms with Gasteiger partial charge in [-0.15, -0.1) is 0 Å². The lowest BCUT2D eigenvalue weighted by Gasteiger charge is -1.82. The molecule has 0 bridgehead atoms. The van der Waals surface area contributed by atoms with Crippen LogP contribution in [0.4, 0.5) is 0 Å². The first kappa shape index (κ1) is 5.60. The summed E-state index contributed by atoms with van der Waals surface area (Å²) in [4.78, 5) is 0. The molecule has 0 unspecified atom stereocenters. The highest BCUT2D eigenvalue weighted by Crippen LogP contribution is 1.94. The van der Waals surface area contributed by atoms with Gasteiger partial charge in [-0.2, -0.15) is 0 Å². The average Bonchev–Trinajstić information content (AvgIpc) is 1.41. The Labute approximate surface area is 40.7 Å². The van der Waals surface area contributed by atoms with E-state index in [0.717, 1.165) is 17.7 Å². The van der Waals surface area contributed by atoms with Crippen LogP contribution in [0.3, 0.4) is 0 Å². The van der Waals surface area contributed by atoms with Gasteiger partial charge < -0.3 is 0 Å². The van der Waals surface area contributed by atoms with Gasteiger partial charge in [0.15, 0.2) is 0 Å². The molecule has 0 fully saturated rings. The number of halogens is 1.